The minimum Gasteiger partial charge on any atom is -0.433 e. The van der Waals surface area contributed by atoms with E-state index in [1.54, 1.807) is 0 Å². The van der Waals surface area contributed by atoms with Crippen LogP contribution >= 0.6 is 11.6 Å². The first kappa shape index (κ1) is 10.0. The fourth-order valence-corrected chi connectivity index (χ4v) is 0.478. The SMILES string of the molecule is [NH]C(=O)CCNC(=O)OCCl. The predicted molar refractivity (Wildman–Crippen MR) is 37.9 cm³/mol. The van der Waals surface area contributed by atoms with Gasteiger partial charge in [0.15, 0.2) is 6.07 Å². The van der Waals surface area contributed by atoms with Gasteiger partial charge in [-0.1, -0.05) is 11.6 Å². The first-order chi connectivity index (χ1) is 5.16. The molecule has 6 heteroatoms. The number of nitrogens with one attached hydrogen (secondary N) is 2. The normalized spacial score (nSPS) is 8.82. The monoisotopic (exact) mass is 179 g/mol. The Morgan fingerprint density at radius 2 is 2.18 bits per heavy atom. The summed E-state index contributed by atoms with van der Waals surface area (Å²) in [7, 11) is 0. The average Bonchev–Trinajstić information content (AvgIpc) is 1.87. The van der Waals surface area contributed by atoms with Gasteiger partial charge in [-0.2, -0.15) is 0 Å². The summed E-state index contributed by atoms with van der Waals surface area (Å²) < 4.78 is 4.27. The van der Waals surface area contributed by atoms with Crippen LogP contribution in [0.4, 0.5) is 4.79 Å². The van der Waals surface area contributed by atoms with Gasteiger partial charge in [0.05, 0.1) is 0 Å². The van der Waals surface area contributed by atoms with Crippen molar-refractivity contribution in [1.29, 1.82) is 0 Å². The van der Waals surface area contributed by atoms with Gasteiger partial charge >= 0.3 is 6.09 Å². The zero-order valence-corrected chi connectivity index (χ0v) is 6.48. The van der Waals surface area contributed by atoms with E-state index < -0.39 is 12.0 Å². The fourth-order valence-electron chi connectivity index (χ4n) is 0.379. The summed E-state index contributed by atoms with van der Waals surface area (Å²) in [5.74, 6) is -0.726. The highest BCUT2D eigenvalue weighted by Crippen LogP contribution is 1.81. The Morgan fingerprint density at radius 3 is 2.64 bits per heavy atom. The van der Waals surface area contributed by atoms with Crippen molar-refractivity contribution in [1.82, 2.24) is 11.1 Å². The molecule has 0 aromatic carbocycles. The molecular formula is C5H8ClN2O3. The van der Waals surface area contributed by atoms with Crippen LogP contribution in [0.3, 0.4) is 0 Å². The molecule has 0 saturated heterocycles. The highest BCUT2D eigenvalue weighted by Gasteiger charge is 2.00. The second kappa shape index (κ2) is 5.79. The molecule has 0 aromatic heterocycles. The van der Waals surface area contributed by atoms with Crippen molar-refractivity contribution in [2.75, 3.05) is 12.6 Å². The molecule has 0 aromatic rings. The first-order valence-corrected chi connectivity index (χ1v) is 3.41. The van der Waals surface area contributed by atoms with Crippen molar-refractivity contribution in [2.45, 2.75) is 6.42 Å². The van der Waals surface area contributed by atoms with Gasteiger partial charge < -0.3 is 10.1 Å². The Bertz CT molecular complexity index is 151. The summed E-state index contributed by atoms with van der Waals surface area (Å²) in [6.45, 7) is 0.109. The molecule has 2 amide bonds. The maximum atomic E-state index is 10.4. The number of alkyl carbamates (subject to hydrolysis) is 1. The fraction of sp³-hybridized carbons (Fsp3) is 0.600. The van der Waals surface area contributed by atoms with E-state index in [1.165, 1.54) is 0 Å². The number of rotatable bonds is 4. The van der Waals surface area contributed by atoms with Crippen LogP contribution in [0, 0.1) is 0 Å². The summed E-state index contributed by atoms with van der Waals surface area (Å²) in [6, 6.07) is -0.222. The molecule has 0 fully saturated rings. The lowest BCUT2D eigenvalue weighted by molar-refractivity contribution is -0.118. The molecule has 0 rings (SSSR count). The van der Waals surface area contributed by atoms with Crippen LogP contribution in [-0.2, 0) is 9.53 Å². The molecule has 63 valence electrons. The number of carbonyl (C=O) groups excluding carboxylic acids is 2. The average molecular weight is 180 g/mol. The van der Waals surface area contributed by atoms with Gasteiger partial charge in [-0.25, -0.2) is 4.79 Å². The Hall–Kier alpha value is -0.970. The topological polar surface area (TPSA) is 79.2 Å². The number of hydrogen-bond donors (Lipinski definition) is 1. The number of carbonyl (C=O) groups is 2. The maximum Gasteiger partial charge on any atom is 0.408 e. The molecule has 0 bridgehead atoms. The van der Waals surface area contributed by atoms with Gasteiger partial charge in [0.2, 0.25) is 5.91 Å². The molecule has 1 radical (unpaired) electrons. The standard InChI is InChI=1S/C5H8ClN2O3/c6-3-11-5(10)8-2-1-4(7)9/h7H,1-3H2,(H,8,10). The van der Waals surface area contributed by atoms with Crippen molar-refractivity contribution in [3.63, 3.8) is 0 Å². The van der Waals surface area contributed by atoms with Gasteiger partial charge in [-0.3, -0.25) is 10.5 Å². The molecule has 2 N–H and O–H groups in total. The molecule has 0 aliphatic rings. The van der Waals surface area contributed by atoms with E-state index in [2.05, 4.69) is 10.1 Å². The lowest BCUT2D eigenvalue weighted by Crippen LogP contribution is -2.26. The third kappa shape index (κ3) is 6.92. The van der Waals surface area contributed by atoms with E-state index in [9.17, 15) is 9.59 Å². The van der Waals surface area contributed by atoms with Crippen molar-refractivity contribution in [3.05, 3.63) is 0 Å². The molecular weight excluding hydrogens is 172 g/mol. The van der Waals surface area contributed by atoms with E-state index >= 15 is 0 Å². The number of amides is 2. The molecule has 0 aliphatic carbocycles. The zero-order chi connectivity index (χ0) is 8.69. The second-order valence-corrected chi connectivity index (χ2v) is 1.86. The van der Waals surface area contributed by atoms with Gasteiger partial charge in [-0.15, -0.1) is 0 Å². The molecule has 0 spiro atoms. The van der Waals surface area contributed by atoms with Crippen LogP contribution < -0.4 is 11.1 Å². The molecule has 11 heavy (non-hydrogen) atoms. The van der Waals surface area contributed by atoms with E-state index in [-0.39, 0.29) is 19.0 Å². The smallest absolute Gasteiger partial charge is 0.408 e. The lowest BCUT2D eigenvalue weighted by Gasteiger charge is -2.01. The summed E-state index contributed by atoms with van der Waals surface area (Å²) in [6.07, 6.45) is -0.696. The van der Waals surface area contributed by atoms with Crippen LogP contribution in [0.5, 0.6) is 0 Å². The van der Waals surface area contributed by atoms with Crippen LogP contribution in [0.2, 0.25) is 0 Å². The Kier molecular flexibility index (Phi) is 5.28. The van der Waals surface area contributed by atoms with Gasteiger partial charge in [0.25, 0.3) is 0 Å². The minimum atomic E-state index is -0.726. The van der Waals surface area contributed by atoms with E-state index in [0.29, 0.717) is 0 Å². The summed E-state index contributed by atoms with van der Waals surface area (Å²) in [4.78, 5) is 20.5. The van der Waals surface area contributed by atoms with Crippen LogP contribution in [0.15, 0.2) is 0 Å². The van der Waals surface area contributed by atoms with E-state index in [1.807, 2.05) is 0 Å². The number of alkyl halides is 1. The molecule has 0 atom stereocenters. The van der Waals surface area contributed by atoms with Gasteiger partial charge in [0, 0.05) is 13.0 Å². The van der Waals surface area contributed by atoms with Crippen molar-refractivity contribution in [3.8, 4) is 0 Å². The van der Waals surface area contributed by atoms with Crippen molar-refractivity contribution >= 4 is 23.6 Å². The third-order valence-corrected chi connectivity index (χ3v) is 0.916. The van der Waals surface area contributed by atoms with Crippen molar-refractivity contribution < 1.29 is 14.3 Å². The summed E-state index contributed by atoms with van der Waals surface area (Å²) in [5, 5.41) is 2.23. The molecule has 0 heterocycles. The number of halogens is 1. The Labute approximate surface area is 68.8 Å². The molecule has 0 aliphatic heterocycles. The quantitative estimate of drug-likeness (QED) is 0.622. The second-order valence-electron chi connectivity index (χ2n) is 1.64. The van der Waals surface area contributed by atoms with E-state index in [0.717, 1.165) is 0 Å². The number of ether oxygens (including phenoxy) is 1. The largest absolute Gasteiger partial charge is 0.433 e. The molecule has 5 nitrogen and oxygen atoms in total. The van der Waals surface area contributed by atoms with Crippen LogP contribution in [0.1, 0.15) is 6.42 Å². The summed E-state index contributed by atoms with van der Waals surface area (Å²) in [5.41, 5.74) is 6.47. The highest BCUT2D eigenvalue weighted by atomic mass is 35.5. The first-order valence-electron chi connectivity index (χ1n) is 2.88. The minimum absolute atomic E-state index is 0.0165. The molecule has 0 unspecified atom stereocenters. The molecule has 0 saturated carbocycles. The highest BCUT2D eigenvalue weighted by molar-refractivity contribution is 6.17. The van der Waals surface area contributed by atoms with Crippen LogP contribution in [0.25, 0.3) is 0 Å². The summed E-state index contributed by atoms with van der Waals surface area (Å²) >= 11 is 5.05. The number of hydrogen-bond acceptors (Lipinski definition) is 3. The lowest BCUT2D eigenvalue weighted by atomic mass is 10.4. The van der Waals surface area contributed by atoms with Gasteiger partial charge in [-0.05, 0) is 0 Å². The predicted octanol–water partition coefficient (Wildman–Crippen LogP) is 0.109. The van der Waals surface area contributed by atoms with Gasteiger partial charge in [0.1, 0.15) is 0 Å². The third-order valence-electron chi connectivity index (χ3n) is 0.807. The maximum absolute atomic E-state index is 10.4. The van der Waals surface area contributed by atoms with Crippen LogP contribution in [-0.4, -0.2) is 24.6 Å². The Balaban J connectivity index is 3.24. The van der Waals surface area contributed by atoms with Crippen molar-refractivity contribution in [2.24, 2.45) is 0 Å². The van der Waals surface area contributed by atoms with E-state index in [4.69, 9.17) is 17.3 Å². The zero-order valence-electron chi connectivity index (χ0n) is 5.72. The Morgan fingerprint density at radius 1 is 1.55 bits per heavy atom.